The van der Waals surface area contributed by atoms with Gasteiger partial charge in [-0.05, 0) is 23.6 Å². The Kier molecular flexibility index (Phi) is 4.57. The minimum absolute atomic E-state index is 0.258. The number of hydrogen-bond donors (Lipinski definition) is 0. The van der Waals surface area contributed by atoms with Crippen LogP contribution in [0, 0.1) is 0 Å². The monoisotopic (exact) mass is 340 g/mol. The first kappa shape index (κ1) is 16.1. The molecule has 0 fully saturated rings. The van der Waals surface area contributed by atoms with Gasteiger partial charge in [-0.2, -0.15) is 0 Å². The Bertz CT molecular complexity index is 763. The van der Waals surface area contributed by atoms with Crippen molar-refractivity contribution in [1.29, 1.82) is 0 Å². The summed E-state index contributed by atoms with van der Waals surface area (Å²) in [6.45, 7) is 4.21. The van der Waals surface area contributed by atoms with Crippen molar-refractivity contribution in [2.24, 2.45) is 0 Å². The van der Waals surface area contributed by atoms with Crippen molar-refractivity contribution in [2.75, 3.05) is 13.1 Å². The molecule has 0 spiro atoms. The van der Waals surface area contributed by atoms with Crippen molar-refractivity contribution in [3.05, 3.63) is 70.4 Å². The molecular formula is C18H16N2O3S. The average Bonchev–Trinajstić information content (AvgIpc) is 3.18. The van der Waals surface area contributed by atoms with Crippen molar-refractivity contribution >= 4 is 29.1 Å². The van der Waals surface area contributed by atoms with Gasteiger partial charge in [-0.1, -0.05) is 24.3 Å². The molecule has 3 rings (SSSR count). The van der Waals surface area contributed by atoms with E-state index in [-0.39, 0.29) is 12.5 Å². The molecule has 1 aliphatic heterocycles. The number of thiophene rings is 1. The summed E-state index contributed by atoms with van der Waals surface area (Å²) in [6.07, 6.45) is 1.63. The fourth-order valence-electron chi connectivity index (χ4n) is 2.62. The summed E-state index contributed by atoms with van der Waals surface area (Å²) in [5.74, 6) is -1.12. The van der Waals surface area contributed by atoms with E-state index in [0.29, 0.717) is 24.2 Å². The summed E-state index contributed by atoms with van der Waals surface area (Å²) in [5, 5.41) is 1.94. The number of imide groups is 1. The highest BCUT2D eigenvalue weighted by Gasteiger charge is 2.36. The van der Waals surface area contributed by atoms with Crippen LogP contribution in [0.15, 0.2) is 54.4 Å². The Hall–Kier alpha value is -2.73. The lowest BCUT2D eigenvalue weighted by atomic mass is 10.1. The molecule has 2 aromatic rings. The summed E-state index contributed by atoms with van der Waals surface area (Å²) in [4.78, 5) is 40.9. The van der Waals surface area contributed by atoms with Gasteiger partial charge in [0.05, 0.1) is 17.7 Å². The number of nitrogens with zero attached hydrogens (tertiary/aromatic N) is 2. The molecule has 0 saturated heterocycles. The van der Waals surface area contributed by atoms with Crippen LogP contribution >= 0.6 is 11.3 Å². The van der Waals surface area contributed by atoms with Gasteiger partial charge in [0.15, 0.2) is 0 Å². The highest BCUT2D eigenvalue weighted by molar-refractivity contribution is 7.09. The van der Waals surface area contributed by atoms with E-state index in [9.17, 15) is 14.4 Å². The number of carbonyl (C=O) groups is 3. The van der Waals surface area contributed by atoms with Crippen LogP contribution in [0.5, 0.6) is 0 Å². The number of carbonyl (C=O) groups excluding carboxylic acids is 3. The van der Waals surface area contributed by atoms with Crippen LogP contribution in [0.1, 0.15) is 25.6 Å². The molecule has 2 heterocycles. The first-order valence-corrected chi connectivity index (χ1v) is 8.36. The number of benzene rings is 1. The molecule has 122 valence electrons. The van der Waals surface area contributed by atoms with Gasteiger partial charge in [0.25, 0.3) is 11.8 Å². The van der Waals surface area contributed by atoms with Crippen molar-refractivity contribution in [1.82, 2.24) is 9.80 Å². The zero-order valence-electron chi connectivity index (χ0n) is 13.0. The number of fused-ring (bicyclic) bond motifs is 1. The van der Waals surface area contributed by atoms with Crippen LogP contribution < -0.4 is 0 Å². The molecule has 0 saturated carbocycles. The van der Waals surface area contributed by atoms with Gasteiger partial charge >= 0.3 is 0 Å². The van der Waals surface area contributed by atoms with Gasteiger partial charge in [-0.3, -0.25) is 19.3 Å². The molecule has 24 heavy (non-hydrogen) atoms. The third kappa shape index (κ3) is 3.00. The maximum atomic E-state index is 12.6. The highest BCUT2D eigenvalue weighted by Crippen LogP contribution is 2.22. The zero-order valence-corrected chi connectivity index (χ0v) is 13.8. The topological polar surface area (TPSA) is 57.7 Å². The Morgan fingerprint density at radius 3 is 2.33 bits per heavy atom. The van der Waals surface area contributed by atoms with Crippen LogP contribution in [0.25, 0.3) is 0 Å². The van der Waals surface area contributed by atoms with Gasteiger partial charge in [-0.25, -0.2) is 0 Å². The fraction of sp³-hybridized carbons (Fsp3) is 0.167. The van der Waals surface area contributed by atoms with Crippen molar-refractivity contribution < 1.29 is 14.4 Å². The van der Waals surface area contributed by atoms with Crippen LogP contribution in [0.2, 0.25) is 0 Å². The molecule has 1 aromatic carbocycles. The van der Waals surface area contributed by atoms with Crippen molar-refractivity contribution in [2.45, 2.75) is 6.54 Å². The summed E-state index contributed by atoms with van der Waals surface area (Å²) < 4.78 is 0. The maximum absolute atomic E-state index is 12.6. The molecule has 1 aromatic heterocycles. The lowest BCUT2D eigenvalue weighted by Gasteiger charge is -2.23. The smallest absolute Gasteiger partial charge is 0.262 e. The predicted octanol–water partition coefficient (Wildman–Crippen LogP) is 2.56. The summed E-state index contributed by atoms with van der Waals surface area (Å²) in [5.41, 5.74) is 0.702. The second kappa shape index (κ2) is 6.80. The van der Waals surface area contributed by atoms with Crippen LogP contribution in [0.4, 0.5) is 0 Å². The Labute approximate surface area is 143 Å². The molecule has 0 aliphatic carbocycles. The van der Waals surface area contributed by atoms with Gasteiger partial charge in [-0.15, -0.1) is 17.9 Å². The Morgan fingerprint density at radius 1 is 1.12 bits per heavy atom. The van der Waals surface area contributed by atoms with Gasteiger partial charge in [0, 0.05) is 11.4 Å². The van der Waals surface area contributed by atoms with Gasteiger partial charge in [0.2, 0.25) is 5.91 Å². The first-order valence-electron chi connectivity index (χ1n) is 7.48. The third-order valence-electron chi connectivity index (χ3n) is 3.80. The summed E-state index contributed by atoms with van der Waals surface area (Å²) in [6, 6.07) is 10.5. The van der Waals surface area contributed by atoms with E-state index in [0.717, 1.165) is 9.78 Å². The minimum atomic E-state index is -0.418. The molecule has 0 unspecified atom stereocenters. The van der Waals surface area contributed by atoms with Crippen LogP contribution in [-0.2, 0) is 11.3 Å². The second-order valence-corrected chi connectivity index (χ2v) is 6.42. The maximum Gasteiger partial charge on any atom is 0.262 e. The minimum Gasteiger partial charge on any atom is -0.332 e. The normalized spacial score (nSPS) is 13.1. The van der Waals surface area contributed by atoms with Crippen LogP contribution in [0.3, 0.4) is 0 Å². The number of amides is 3. The average molecular weight is 340 g/mol. The van der Waals surface area contributed by atoms with E-state index in [1.807, 2.05) is 17.5 Å². The van der Waals surface area contributed by atoms with Gasteiger partial charge < -0.3 is 4.90 Å². The van der Waals surface area contributed by atoms with Crippen LogP contribution in [-0.4, -0.2) is 40.6 Å². The quantitative estimate of drug-likeness (QED) is 0.600. The Balaban J connectivity index is 1.75. The van der Waals surface area contributed by atoms with E-state index >= 15 is 0 Å². The standard InChI is InChI=1S/C18H16N2O3S/c1-2-9-19(11-13-6-5-10-24-13)16(21)12-20-17(22)14-7-3-4-8-15(14)18(20)23/h2-8,10H,1,9,11-12H2. The van der Waals surface area contributed by atoms with E-state index < -0.39 is 11.8 Å². The highest BCUT2D eigenvalue weighted by atomic mass is 32.1. The first-order chi connectivity index (χ1) is 11.6. The second-order valence-electron chi connectivity index (χ2n) is 5.38. The SMILES string of the molecule is C=CCN(Cc1cccs1)C(=O)CN1C(=O)c2ccccc2C1=O. The summed E-state index contributed by atoms with van der Waals surface area (Å²) in [7, 11) is 0. The molecule has 1 aliphatic rings. The molecular weight excluding hydrogens is 324 g/mol. The van der Waals surface area contributed by atoms with Gasteiger partial charge in [0.1, 0.15) is 6.54 Å². The van der Waals surface area contributed by atoms with E-state index in [4.69, 9.17) is 0 Å². The lowest BCUT2D eigenvalue weighted by molar-refractivity contribution is -0.131. The predicted molar refractivity (Wildman–Crippen MR) is 91.7 cm³/mol. The Morgan fingerprint density at radius 2 is 1.79 bits per heavy atom. The number of hydrogen-bond acceptors (Lipinski definition) is 4. The lowest BCUT2D eigenvalue weighted by Crippen LogP contribution is -2.42. The molecule has 0 atom stereocenters. The largest absolute Gasteiger partial charge is 0.332 e. The van der Waals surface area contributed by atoms with E-state index in [1.165, 1.54) is 0 Å². The summed E-state index contributed by atoms with van der Waals surface area (Å²) >= 11 is 1.55. The third-order valence-corrected chi connectivity index (χ3v) is 4.66. The molecule has 0 N–H and O–H groups in total. The fourth-order valence-corrected chi connectivity index (χ4v) is 3.34. The molecule has 6 heteroatoms. The van der Waals surface area contributed by atoms with E-state index in [2.05, 4.69) is 6.58 Å². The molecule has 5 nitrogen and oxygen atoms in total. The van der Waals surface area contributed by atoms with Crippen molar-refractivity contribution in [3.63, 3.8) is 0 Å². The molecule has 3 amide bonds. The van der Waals surface area contributed by atoms with Crippen molar-refractivity contribution in [3.8, 4) is 0 Å². The molecule has 0 bridgehead atoms. The zero-order chi connectivity index (χ0) is 17.1. The van der Waals surface area contributed by atoms with E-state index in [1.54, 1.807) is 46.6 Å². The number of rotatable bonds is 6. The molecule has 0 radical (unpaired) electrons.